The van der Waals surface area contributed by atoms with Crippen LogP contribution < -0.4 is 0 Å². The van der Waals surface area contributed by atoms with Crippen molar-refractivity contribution >= 4 is 0 Å². The Morgan fingerprint density at radius 1 is 1.40 bits per heavy atom. The minimum absolute atomic E-state index is 0.505. The molecule has 114 valence electrons. The van der Waals surface area contributed by atoms with Gasteiger partial charge in [0.05, 0.1) is 18.8 Å². The predicted molar refractivity (Wildman–Crippen MR) is 79.5 cm³/mol. The van der Waals surface area contributed by atoms with Gasteiger partial charge >= 0.3 is 0 Å². The summed E-state index contributed by atoms with van der Waals surface area (Å²) in [6, 6.07) is 0.505. The van der Waals surface area contributed by atoms with Crippen LogP contribution in [0.3, 0.4) is 0 Å². The third kappa shape index (κ3) is 4.28. The van der Waals surface area contributed by atoms with Crippen LogP contribution in [0.25, 0.3) is 0 Å². The summed E-state index contributed by atoms with van der Waals surface area (Å²) in [4.78, 5) is 2.60. The first-order valence-corrected chi connectivity index (χ1v) is 7.85. The van der Waals surface area contributed by atoms with Crippen molar-refractivity contribution in [2.75, 3.05) is 26.7 Å². The summed E-state index contributed by atoms with van der Waals surface area (Å²) in [7, 11) is 1.69. The zero-order valence-electron chi connectivity index (χ0n) is 13.1. The van der Waals surface area contributed by atoms with Crippen LogP contribution in [-0.2, 0) is 11.3 Å². The second kappa shape index (κ2) is 7.74. The number of hydrogen-bond donors (Lipinski definition) is 0. The number of methoxy groups -OCH3 is 1. The maximum absolute atomic E-state index is 5.09. The van der Waals surface area contributed by atoms with Crippen LogP contribution in [0.5, 0.6) is 0 Å². The third-order valence-electron chi connectivity index (χ3n) is 4.13. The summed E-state index contributed by atoms with van der Waals surface area (Å²) in [6.07, 6.45) is 7.01. The van der Waals surface area contributed by atoms with Crippen molar-refractivity contribution < 1.29 is 4.74 Å². The molecule has 1 saturated heterocycles. The number of ether oxygens (including phenoxy) is 1. The lowest BCUT2D eigenvalue weighted by molar-refractivity contribution is 0.157. The van der Waals surface area contributed by atoms with Gasteiger partial charge < -0.3 is 9.64 Å². The molecule has 0 amide bonds. The molecule has 0 aromatic carbocycles. The molecule has 5 nitrogen and oxygen atoms in total. The van der Waals surface area contributed by atoms with Gasteiger partial charge in [-0.2, -0.15) is 0 Å². The molecule has 0 aliphatic carbocycles. The van der Waals surface area contributed by atoms with E-state index in [9.17, 15) is 0 Å². The lowest BCUT2D eigenvalue weighted by atomic mass is 10.0. The first kappa shape index (κ1) is 15.4. The zero-order valence-corrected chi connectivity index (χ0v) is 13.1. The van der Waals surface area contributed by atoms with E-state index in [-0.39, 0.29) is 0 Å². The Morgan fingerprint density at radius 3 is 2.80 bits per heavy atom. The summed E-state index contributed by atoms with van der Waals surface area (Å²) < 4.78 is 7.12. The summed E-state index contributed by atoms with van der Waals surface area (Å²) in [5.41, 5.74) is 0.923. The Balaban J connectivity index is 1.78. The maximum Gasteiger partial charge on any atom is 0.108 e. The molecule has 1 unspecified atom stereocenters. The molecule has 2 rings (SSSR count). The van der Waals surface area contributed by atoms with Crippen LogP contribution in [0.2, 0.25) is 0 Å². The molecule has 1 fully saturated rings. The van der Waals surface area contributed by atoms with E-state index in [1.807, 2.05) is 10.9 Å². The van der Waals surface area contributed by atoms with Gasteiger partial charge in [-0.15, -0.1) is 5.10 Å². The quantitative estimate of drug-likeness (QED) is 0.769. The fourth-order valence-electron chi connectivity index (χ4n) is 3.10. The lowest BCUT2D eigenvalue weighted by Gasteiger charge is -2.33. The minimum Gasteiger partial charge on any atom is -0.378 e. The fraction of sp³-hybridized carbons (Fsp3) is 0.867. The van der Waals surface area contributed by atoms with Crippen LogP contribution in [-0.4, -0.2) is 46.6 Å². The van der Waals surface area contributed by atoms with Crippen molar-refractivity contribution in [3.8, 4) is 0 Å². The van der Waals surface area contributed by atoms with Gasteiger partial charge in [0.25, 0.3) is 0 Å². The van der Waals surface area contributed by atoms with E-state index in [4.69, 9.17) is 4.74 Å². The molecule has 1 aromatic rings. The Morgan fingerprint density at radius 2 is 2.15 bits per heavy atom. The summed E-state index contributed by atoms with van der Waals surface area (Å²) in [5.74, 6) is 0.816. The molecular formula is C15H28N4O. The molecule has 0 bridgehead atoms. The van der Waals surface area contributed by atoms with Gasteiger partial charge in [0.15, 0.2) is 0 Å². The Bertz CT molecular complexity index is 385. The SMILES string of the molecule is CCCC(C)CN1CCC(n2cc(COC)nn2)CC1. The van der Waals surface area contributed by atoms with Crippen molar-refractivity contribution in [2.45, 2.75) is 52.2 Å². The van der Waals surface area contributed by atoms with Gasteiger partial charge in [-0.05, 0) is 25.2 Å². The largest absolute Gasteiger partial charge is 0.378 e. The number of aromatic nitrogens is 3. The molecule has 0 radical (unpaired) electrons. The normalized spacial score (nSPS) is 19.4. The number of hydrogen-bond acceptors (Lipinski definition) is 4. The standard InChI is InChI=1S/C15H28N4O/c1-4-5-13(2)10-18-8-6-15(7-9-18)19-11-14(12-20-3)16-17-19/h11,13,15H,4-10,12H2,1-3H3. The average molecular weight is 280 g/mol. The molecule has 1 aliphatic rings. The Labute approximate surface area is 122 Å². The van der Waals surface area contributed by atoms with E-state index in [0.717, 1.165) is 11.6 Å². The highest BCUT2D eigenvalue weighted by atomic mass is 16.5. The van der Waals surface area contributed by atoms with Gasteiger partial charge in [0.2, 0.25) is 0 Å². The van der Waals surface area contributed by atoms with Gasteiger partial charge in [-0.25, -0.2) is 4.68 Å². The van der Waals surface area contributed by atoms with E-state index in [2.05, 4.69) is 29.1 Å². The minimum atomic E-state index is 0.505. The van der Waals surface area contributed by atoms with Crippen LogP contribution in [0.15, 0.2) is 6.20 Å². The molecule has 0 spiro atoms. The van der Waals surface area contributed by atoms with Crippen molar-refractivity contribution in [1.29, 1.82) is 0 Å². The maximum atomic E-state index is 5.09. The van der Waals surface area contributed by atoms with Crippen molar-refractivity contribution in [3.05, 3.63) is 11.9 Å². The number of likely N-dealkylation sites (tertiary alicyclic amines) is 1. The van der Waals surface area contributed by atoms with E-state index in [0.29, 0.717) is 12.6 Å². The number of rotatable bonds is 7. The highest BCUT2D eigenvalue weighted by Crippen LogP contribution is 2.23. The molecule has 1 atom stereocenters. The second-order valence-electron chi connectivity index (χ2n) is 6.05. The topological polar surface area (TPSA) is 43.2 Å². The Hall–Kier alpha value is -0.940. The molecule has 0 N–H and O–H groups in total. The third-order valence-corrected chi connectivity index (χ3v) is 4.13. The molecule has 1 aromatic heterocycles. The second-order valence-corrected chi connectivity index (χ2v) is 6.05. The van der Waals surface area contributed by atoms with E-state index < -0.39 is 0 Å². The van der Waals surface area contributed by atoms with Gasteiger partial charge in [0, 0.05) is 26.7 Å². The number of nitrogens with zero attached hydrogens (tertiary/aromatic N) is 4. The van der Waals surface area contributed by atoms with Crippen LogP contribution in [0, 0.1) is 5.92 Å². The molecule has 0 saturated carbocycles. The molecular weight excluding hydrogens is 252 g/mol. The first-order valence-electron chi connectivity index (χ1n) is 7.85. The average Bonchev–Trinajstić information content (AvgIpc) is 2.89. The molecule has 5 heteroatoms. The van der Waals surface area contributed by atoms with E-state index >= 15 is 0 Å². The van der Waals surface area contributed by atoms with Crippen molar-refractivity contribution in [2.24, 2.45) is 5.92 Å². The summed E-state index contributed by atoms with van der Waals surface area (Å²) >= 11 is 0. The fourth-order valence-corrected chi connectivity index (χ4v) is 3.10. The zero-order chi connectivity index (χ0) is 14.4. The molecule has 2 heterocycles. The van der Waals surface area contributed by atoms with E-state index in [1.165, 1.54) is 45.3 Å². The van der Waals surface area contributed by atoms with Crippen molar-refractivity contribution in [3.63, 3.8) is 0 Å². The van der Waals surface area contributed by atoms with Gasteiger partial charge in [0.1, 0.15) is 5.69 Å². The van der Waals surface area contributed by atoms with Crippen molar-refractivity contribution in [1.82, 2.24) is 19.9 Å². The van der Waals surface area contributed by atoms with Crippen LogP contribution in [0.4, 0.5) is 0 Å². The Kier molecular flexibility index (Phi) is 5.98. The van der Waals surface area contributed by atoms with Crippen LogP contribution >= 0.6 is 0 Å². The van der Waals surface area contributed by atoms with E-state index in [1.54, 1.807) is 7.11 Å². The number of piperidine rings is 1. The predicted octanol–water partition coefficient (Wildman–Crippen LogP) is 2.50. The molecule has 20 heavy (non-hydrogen) atoms. The molecule has 1 aliphatic heterocycles. The smallest absolute Gasteiger partial charge is 0.108 e. The van der Waals surface area contributed by atoms with Gasteiger partial charge in [-0.3, -0.25) is 0 Å². The van der Waals surface area contributed by atoms with Crippen LogP contribution in [0.1, 0.15) is 51.3 Å². The van der Waals surface area contributed by atoms with Gasteiger partial charge in [-0.1, -0.05) is 25.5 Å². The summed E-state index contributed by atoms with van der Waals surface area (Å²) in [6.45, 7) is 8.78. The highest BCUT2D eigenvalue weighted by molar-refractivity contribution is 4.92. The summed E-state index contributed by atoms with van der Waals surface area (Å²) in [5, 5.41) is 8.39. The highest BCUT2D eigenvalue weighted by Gasteiger charge is 2.22. The first-order chi connectivity index (χ1) is 9.72. The lowest BCUT2D eigenvalue weighted by Crippen LogP contribution is -2.37. The monoisotopic (exact) mass is 280 g/mol.